The van der Waals surface area contributed by atoms with Gasteiger partial charge in [0.1, 0.15) is 0 Å². The van der Waals surface area contributed by atoms with E-state index in [4.69, 9.17) is 5.11 Å². The molecular formula is C7H14ClNOS. The van der Waals surface area contributed by atoms with Gasteiger partial charge in [0.25, 0.3) is 0 Å². The Labute approximate surface area is 77.7 Å². The Hall–Kier alpha value is 0.560. The summed E-state index contributed by atoms with van der Waals surface area (Å²) >= 11 is 2.02. The molecule has 2 aliphatic heterocycles. The normalized spacial score (nSPS) is 36.8. The molecule has 2 saturated heterocycles. The van der Waals surface area contributed by atoms with Crippen molar-refractivity contribution in [3.63, 3.8) is 0 Å². The van der Waals surface area contributed by atoms with Crippen molar-refractivity contribution in [2.75, 3.05) is 24.8 Å². The minimum Gasteiger partial charge on any atom is -0.396 e. The smallest absolute Gasteiger partial charge is 0.0472 e. The number of thioether (sulfide) groups is 1. The highest BCUT2D eigenvalue weighted by molar-refractivity contribution is 7.99. The van der Waals surface area contributed by atoms with Gasteiger partial charge >= 0.3 is 0 Å². The van der Waals surface area contributed by atoms with Crippen LogP contribution in [-0.2, 0) is 0 Å². The molecule has 0 saturated carbocycles. The minimum atomic E-state index is 0. The molecule has 0 aliphatic carbocycles. The van der Waals surface area contributed by atoms with E-state index < -0.39 is 0 Å². The number of rotatable bonds is 1. The highest BCUT2D eigenvalue weighted by atomic mass is 35.5. The first kappa shape index (κ1) is 9.65. The van der Waals surface area contributed by atoms with Gasteiger partial charge in [-0.05, 0) is 12.3 Å². The molecule has 0 aromatic carbocycles. The lowest BCUT2D eigenvalue weighted by atomic mass is 10.1. The van der Waals surface area contributed by atoms with E-state index >= 15 is 0 Å². The second-order valence-corrected chi connectivity index (χ2v) is 4.21. The third kappa shape index (κ3) is 1.83. The van der Waals surface area contributed by atoms with Gasteiger partial charge in [-0.25, -0.2) is 0 Å². The summed E-state index contributed by atoms with van der Waals surface area (Å²) in [7, 11) is 0. The van der Waals surface area contributed by atoms with Crippen molar-refractivity contribution in [1.82, 2.24) is 4.90 Å². The lowest BCUT2D eigenvalue weighted by Gasteiger charge is -2.11. The third-order valence-corrected chi connectivity index (χ3v) is 3.57. The highest BCUT2D eigenvalue weighted by Crippen LogP contribution is 2.32. The molecule has 0 amide bonds. The summed E-state index contributed by atoms with van der Waals surface area (Å²) in [4.78, 5) is 2.49. The topological polar surface area (TPSA) is 23.5 Å². The number of nitrogens with zero attached hydrogens (tertiary/aromatic N) is 1. The van der Waals surface area contributed by atoms with Gasteiger partial charge in [-0.3, -0.25) is 4.90 Å². The standard InChI is InChI=1S/C7H13NOS.ClH/c9-3-6-1-7-4-10-5-8(7)2-6;/h6-7,9H,1-5H2;1H. The van der Waals surface area contributed by atoms with Crippen LogP contribution in [0.3, 0.4) is 0 Å². The molecule has 2 fully saturated rings. The van der Waals surface area contributed by atoms with Gasteiger partial charge in [-0.15, -0.1) is 24.2 Å². The molecule has 0 spiro atoms. The summed E-state index contributed by atoms with van der Waals surface area (Å²) in [5, 5.41) is 8.89. The van der Waals surface area contributed by atoms with Gasteiger partial charge in [0.15, 0.2) is 0 Å². The molecule has 0 radical (unpaired) electrons. The second kappa shape index (κ2) is 3.99. The van der Waals surface area contributed by atoms with Crippen LogP contribution in [0.1, 0.15) is 6.42 Å². The number of aliphatic hydroxyl groups is 1. The van der Waals surface area contributed by atoms with Gasteiger partial charge in [0, 0.05) is 30.8 Å². The van der Waals surface area contributed by atoms with Crippen molar-refractivity contribution < 1.29 is 5.11 Å². The van der Waals surface area contributed by atoms with E-state index in [1.807, 2.05) is 11.8 Å². The van der Waals surface area contributed by atoms with E-state index in [1.165, 1.54) is 18.1 Å². The molecule has 0 aromatic rings. The van der Waals surface area contributed by atoms with Crippen LogP contribution in [0, 0.1) is 5.92 Å². The predicted molar refractivity (Wildman–Crippen MR) is 50.3 cm³/mol. The highest BCUT2D eigenvalue weighted by Gasteiger charge is 2.34. The van der Waals surface area contributed by atoms with Crippen LogP contribution in [0.5, 0.6) is 0 Å². The van der Waals surface area contributed by atoms with Crippen LogP contribution in [0.2, 0.25) is 0 Å². The molecule has 4 heteroatoms. The summed E-state index contributed by atoms with van der Waals surface area (Å²) in [6.07, 6.45) is 1.23. The van der Waals surface area contributed by atoms with Crippen LogP contribution in [0.25, 0.3) is 0 Å². The summed E-state index contributed by atoms with van der Waals surface area (Å²) in [6.45, 7) is 1.52. The zero-order chi connectivity index (χ0) is 6.97. The Morgan fingerprint density at radius 3 is 3.00 bits per heavy atom. The van der Waals surface area contributed by atoms with Crippen LogP contribution in [0.4, 0.5) is 0 Å². The summed E-state index contributed by atoms with van der Waals surface area (Å²) < 4.78 is 0. The molecule has 0 aromatic heterocycles. The molecule has 66 valence electrons. The van der Waals surface area contributed by atoms with Crippen molar-refractivity contribution in [3.8, 4) is 0 Å². The summed E-state index contributed by atoms with van der Waals surface area (Å²) in [5.41, 5.74) is 0. The summed E-state index contributed by atoms with van der Waals surface area (Å²) in [5.74, 6) is 3.06. The van der Waals surface area contributed by atoms with E-state index in [0.717, 1.165) is 12.6 Å². The quantitative estimate of drug-likeness (QED) is 0.670. The number of aliphatic hydroxyl groups excluding tert-OH is 1. The van der Waals surface area contributed by atoms with E-state index in [-0.39, 0.29) is 12.4 Å². The first-order chi connectivity index (χ1) is 4.90. The molecule has 2 nitrogen and oxygen atoms in total. The molecule has 2 atom stereocenters. The molecule has 2 heterocycles. The maximum atomic E-state index is 8.89. The van der Waals surface area contributed by atoms with E-state index in [9.17, 15) is 0 Å². The lowest BCUT2D eigenvalue weighted by molar-refractivity contribution is 0.227. The maximum absolute atomic E-state index is 8.89. The molecule has 11 heavy (non-hydrogen) atoms. The maximum Gasteiger partial charge on any atom is 0.0472 e. The number of hydrogen-bond donors (Lipinski definition) is 1. The fourth-order valence-corrected chi connectivity index (χ4v) is 3.13. The SMILES string of the molecule is Cl.OCC1CC2CSCN2C1. The third-order valence-electron chi connectivity index (χ3n) is 2.44. The van der Waals surface area contributed by atoms with Gasteiger partial charge in [0.2, 0.25) is 0 Å². The Morgan fingerprint density at radius 2 is 2.36 bits per heavy atom. The first-order valence-electron chi connectivity index (χ1n) is 3.83. The second-order valence-electron chi connectivity index (χ2n) is 3.21. The van der Waals surface area contributed by atoms with E-state index in [1.54, 1.807) is 0 Å². The fraction of sp³-hybridized carbons (Fsp3) is 1.00. The zero-order valence-electron chi connectivity index (χ0n) is 6.40. The number of halogens is 1. The van der Waals surface area contributed by atoms with Gasteiger partial charge < -0.3 is 5.11 Å². The zero-order valence-corrected chi connectivity index (χ0v) is 8.03. The molecule has 2 unspecified atom stereocenters. The van der Waals surface area contributed by atoms with Crippen molar-refractivity contribution in [2.24, 2.45) is 5.92 Å². The number of hydrogen-bond acceptors (Lipinski definition) is 3. The average Bonchev–Trinajstić information content (AvgIpc) is 2.42. The Morgan fingerprint density at radius 1 is 1.55 bits per heavy atom. The monoisotopic (exact) mass is 195 g/mol. The predicted octanol–water partition coefficient (Wildman–Crippen LogP) is 0.795. The van der Waals surface area contributed by atoms with Crippen molar-refractivity contribution in [1.29, 1.82) is 0 Å². The van der Waals surface area contributed by atoms with Crippen LogP contribution in [-0.4, -0.2) is 40.8 Å². The fourth-order valence-electron chi connectivity index (χ4n) is 1.86. The van der Waals surface area contributed by atoms with Crippen LogP contribution >= 0.6 is 24.2 Å². The largest absolute Gasteiger partial charge is 0.396 e. The van der Waals surface area contributed by atoms with Crippen molar-refractivity contribution >= 4 is 24.2 Å². The molecular weight excluding hydrogens is 182 g/mol. The van der Waals surface area contributed by atoms with Crippen molar-refractivity contribution in [2.45, 2.75) is 12.5 Å². The van der Waals surface area contributed by atoms with E-state index in [2.05, 4.69) is 4.90 Å². The number of fused-ring (bicyclic) bond motifs is 1. The van der Waals surface area contributed by atoms with Crippen LogP contribution in [0.15, 0.2) is 0 Å². The average molecular weight is 196 g/mol. The van der Waals surface area contributed by atoms with Crippen molar-refractivity contribution in [3.05, 3.63) is 0 Å². The molecule has 0 bridgehead atoms. The van der Waals surface area contributed by atoms with E-state index in [0.29, 0.717) is 12.5 Å². The Bertz CT molecular complexity index is 124. The van der Waals surface area contributed by atoms with Gasteiger partial charge in [-0.1, -0.05) is 0 Å². The van der Waals surface area contributed by atoms with Gasteiger partial charge in [-0.2, -0.15) is 0 Å². The molecule has 2 rings (SSSR count). The Balaban J connectivity index is 0.000000605. The van der Waals surface area contributed by atoms with Crippen LogP contribution < -0.4 is 0 Å². The molecule has 1 N–H and O–H groups in total. The molecule has 2 aliphatic rings. The van der Waals surface area contributed by atoms with Gasteiger partial charge in [0.05, 0.1) is 0 Å². The first-order valence-corrected chi connectivity index (χ1v) is 4.98. The minimum absolute atomic E-state index is 0. The summed E-state index contributed by atoms with van der Waals surface area (Å²) in [6, 6.07) is 0.794. The lowest BCUT2D eigenvalue weighted by Crippen LogP contribution is -2.23. The Kier molecular flexibility index (Phi) is 3.50.